The molecule has 8 heteroatoms. The Morgan fingerprint density at radius 1 is 0.897 bits per heavy atom. The van der Waals surface area contributed by atoms with Gasteiger partial charge < -0.3 is 20.4 Å². The van der Waals surface area contributed by atoms with Crippen LogP contribution in [0, 0.1) is 0 Å². The van der Waals surface area contributed by atoms with Gasteiger partial charge in [-0.2, -0.15) is 0 Å². The molecule has 2 heterocycles. The molecule has 4 rings (SSSR count). The van der Waals surface area contributed by atoms with Gasteiger partial charge in [-0.1, -0.05) is 18.2 Å². The fourth-order valence-electron chi connectivity index (χ4n) is 3.09. The normalized spacial score (nSPS) is 10.3. The summed E-state index contributed by atoms with van der Waals surface area (Å²) in [7, 11) is 4.75. The van der Waals surface area contributed by atoms with Gasteiger partial charge in [-0.15, -0.1) is 0 Å². The van der Waals surface area contributed by atoms with Crippen LogP contribution in [0.2, 0.25) is 0 Å². The molecule has 0 amide bonds. The van der Waals surface area contributed by atoms with Crippen molar-refractivity contribution in [3.05, 3.63) is 60.9 Å². The van der Waals surface area contributed by atoms with Crippen LogP contribution in [-0.2, 0) is 0 Å². The molecule has 0 aliphatic heterocycles. The first-order valence-electron chi connectivity index (χ1n) is 8.70. The summed E-state index contributed by atoms with van der Waals surface area (Å²) in [6, 6.07) is 15.7. The van der Waals surface area contributed by atoms with Gasteiger partial charge in [0.2, 0.25) is 11.7 Å². The number of ether oxygens (including phenoxy) is 3. The first-order chi connectivity index (χ1) is 13.7. The summed E-state index contributed by atoms with van der Waals surface area (Å²) in [5.74, 6) is 2.16. The van der Waals surface area contributed by atoms with E-state index in [0.717, 1.165) is 22.2 Å². The zero-order valence-electron chi connectivity index (χ0n) is 16.5. The van der Waals surface area contributed by atoms with Gasteiger partial charge >= 0.3 is 0 Å². The van der Waals surface area contributed by atoms with Crippen LogP contribution in [0.3, 0.4) is 0 Å². The van der Waals surface area contributed by atoms with Crippen LogP contribution in [0.4, 0.5) is 5.95 Å². The molecule has 0 aliphatic carbocycles. The maximum absolute atomic E-state index is 5.44. The monoisotopic (exact) mass is 393 g/mol. The van der Waals surface area contributed by atoms with Crippen molar-refractivity contribution in [3.63, 3.8) is 0 Å². The molecule has 0 spiro atoms. The molecule has 29 heavy (non-hydrogen) atoms. The number of rotatable bonds is 6. The van der Waals surface area contributed by atoms with Crippen molar-refractivity contribution in [1.82, 2.24) is 20.8 Å². The van der Waals surface area contributed by atoms with Crippen molar-refractivity contribution < 1.29 is 14.2 Å². The van der Waals surface area contributed by atoms with Gasteiger partial charge in [-0.25, -0.2) is 9.97 Å². The van der Waals surface area contributed by atoms with Crippen LogP contribution < -0.4 is 25.8 Å². The SMILES string of the molecule is COc1cc(-c2ccnc(Nn3ccc4ccccc43)n2)cc(OC)c1OC.N. The van der Waals surface area contributed by atoms with E-state index >= 15 is 0 Å². The second-order valence-electron chi connectivity index (χ2n) is 6.04. The van der Waals surface area contributed by atoms with Crippen molar-refractivity contribution in [1.29, 1.82) is 0 Å². The summed E-state index contributed by atoms with van der Waals surface area (Å²) in [4.78, 5) is 8.97. The van der Waals surface area contributed by atoms with Gasteiger partial charge in [0.15, 0.2) is 11.5 Å². The van der Waals surface area contributed by atoms with Crippen molar-refractivity contribution in [2.45, 2.75) is 0 Å². The third-order valence-electron chi connectivity index (χ3n) is 4.44. The van der Waals surface area contributed by atoms with Gasteiger partial charge in [0.25, 0.3) is 0 Å². The minimum atomic E-state index is 0. The lowest BCUT2D eigenvalue weighted by molar-refractivity contribution is 0.324. The van der Waals surface area contributed by atoms with E-state index in [1.165, 1.54) is 0 Å². The predicted molar refractivity (Wildman–Crippen MR) is 113 cm³/mol. The average molecular weight is 393 g/mol. The van der Waals surface area contributed by atoms with Crippen LogP contribution in [0.1, 0.15) is 0 Å². The maximum Gasteiger partial charge on any atom is 0.242 e. The van der Waals surface area contributed by atoms with Crippen LogP contribution in [0.25, 0.3) is 22.2 Å². The lowest BCUT2D eigenvalue weighted by atomic mass is 10.1. The standard InChI is InChI=1S/C21H20N4O3.H3N/c1-26-18-12-15(13-19(27-2)20(18)28-3)16-8-10-22-21(23-16)24-25-11-9-14-6-4-5-7-17(14)25;/h4-13H,1-3H3,(H,22,23,24);1H3. The molecule has 0 aliphatic rings. The van der Waals surface area contributed by atoms with Crippen LogP contribution in [-0.4, -0.2) is 36.0 Å². The summed E-state index contributed by atoms with van der Waals surface area (Å²) in [6.45, 7) is 0. The van der Waals surface area contributed by atoms with E-state index in [1.54, 1.807) is 27.5 Å². The molecule has 4 N–H and O–H groups in total. The molecule has 2 aromatic carbocycles. The molecular formula is C21H23N5O3. The predicted octanol–water partition coefficient (Wildman–Crippen LogP) is 4.16. The highest BCUT2D eigenvalue weighted by atomic mass is 16.5. The number of anilines is 1. The quantitative estimate of drug-likeness (QED) is 0.507. The average Bonchev–Trinajstić information content (AvgIpc) is 3.15. The molecule has 0 fully saturated rings. The first kappa shape index (κ1) is 20.0. The highest BCUT2D eigenvalue weighted by molar-refractivity contribution is 5.80. The molecule has 0 bridgehead atoms. The number of benzene rings is 2. The fraction of sp³-hybridized carbons (Fsp3) is 0.143. The van der Waals surface area contributed by atoms with E-state index in [2.05, 4.69) is 21.5 Å². The zero-order valence-corrected chi connectivity index (χ0v) is 16.5. The third kappa shape index (κ3) is 3.78. The van der Waals surface area contributed by atoms with Gasteiger partial charge in [0.1, 0.15) is 0 Å². The Balaban J connectivity index is 0.00000240. The molecule has 0 atom stereocenters. The molecule has 0 saturated heterocycles. The first-order valence-corrected chi connectivity index (χ1v) is 8.70. The van der Waals surface area contributed by atoms with E-state index in [9.17, 15) is 0 Å². The van der Waals surface area contributed by atoms with E-state index in [0.29, 0.717) is 23.2 Å². The molecule has 0 unspecified atom stereocenters. The Morgan fingerprint density at radius 3 is 2.31 bits per heavy atom. The minimum Gasteiger partial charge on any atom is -0.493 e. The van der Waals surface area contributed by atoms with Gasteiger partial charge in [0, 0.05) is 23.3 Å². The Kier molecular flexibility index (Phi) is 5.85. The maximum atomic E-state index is 5.44. The highest BCUT2D eigenvalue weighted by Gasteiger charge is 2.15. The largest absolute Gasteiger partial charge is 0.493 e. The third-order valence-corrected chi connectivity index (χ3v) is 4.44. The number of fused-ring (bicyclic) bond motifs is 1. The number of para-hydroxylation sites is 1. The zero-order chi connectivity index (χ0) is 19.5. The van der Waals surface area contributed by atoms with E-state index in [4.69, 9.17) is 14.2 Å². The molecule has 8 nitrogen and oxygen atoms in total. The lowest BCUT2D eigenvalue weighted by Crippen LogP contribution is -2.10. The van der Waals surface area contributed by atoms with Gasteiger partial charge in [0.05, 0.1) is 32.5 Å². The molecule has 2 aromatic heterocycles. The smallest absolute Gasteiger partial charge is 0.242 e. The summed E-state index contributed by atoms with van der Waals surface area (Å²) in [6.07, 6.45) is 3.65. The van der Waals surface area contributed by atoms with Gasteiger partial charge in [-0.05, 0) is 30.3 Å². The van der Waals surface area contributed by atoms with Crippen molar-refractivity contribution in [3.8, 4) is 28.5 Å². The Bertz CT molecular complexity index is 1100. The summed E-state index contributed by atoms with van der Waals surface area (Å²) >= 11 is 0. The summed E-state index contributed by atoms with van der Waals surface area (Å²) in [5.41, 5.74) is 5.83. The van der Waals surface area contributed by atoms with Crippen molar-refractivity contribution in [2.24, 2.45) is 0 Å². The number of hydrogen-bond donors (Lipinski definition) is 2. The highest BCUT2D eigenvalue weighted by Crippen LogP contribution is 2.40. The van der Waals surface area contributed by atoms with E-state index in [1.807, 2.05) is 53.3 Å². The molecule has 4 aromatic rings. The van der Waals surface area contributed by atoms with E-state index < -0.39 is 0 Å². The van der Waals surface area contributed by atoms with Crippen LogP contribution in [0.15, 0.2) is 60.9 Å². The Hall–Kier alpha value is -3.78. The number of nitrogens with one attached hydrogen (secondary N) is 1. The second-order valence-corrected chi connectivity index (χ2v) is 6.04. The van der Waals surface area contributed by atoms with E-state index in [-0.39, 0.29) is 6.15 Å². The van der Waals surface area contributed by atoms with Crippen molar-refractivity contribution >= 4 is 16.9 Å². The molecule has 0 radical (unpaired) electrons. The number of hydrogen-bond acceptors (Lipinski definition) is 7. The lowest BCUT2D eigenvalue weighted by Gasteiger charge is -2.14. The molecule has 0 saturated carbocycles. The number of nitrogens with zero attached hydrogens (tertiary/aromatic N) is 3. The minimum absolute atomic E-state index is 0. The summed E-state index contributed by atoms with van der Waals surface area (Å²) in [5, 5.41) is 1.13. The van der Waals surface area contributed by atoms with Gasteiger partial charge in [-0.3, -0.25) is 10.1 Å². The number of methoxy groups -OCH3 is 3. The fourth-order valence-corrected chi connectivity index (χ4v) is 3.09. The van der Waals surface area contributed by atoms with Crippen molar-refractivity contribution in [2.75, 3.05) is 26.8 Å². The topological polar surface area (TPSA) is 105 Å². The van der Waals surface area contributed by atoms with Crippen LogP contribution in [0.5, 0.6) is 17.2 Å². The Morgan fingerprint density at radius 2 is 1.62 bits per heavy atom. The molecular weight excluding hydrogens is 370 g/mol. The Labute approximate surface area is 168 Å². The van der Waals surface area contributed by atoms with Crippen LogP contribution >= 0.6 is 0 Å². The second kappa shape index (κ2) is 8.49. The summed E-state index contributed by atoms with van der Waals surface area (Å²) < 4.78 is 18.2. The molecule has 150 valence electrons. The number of aromatic nitrogens is 3.